The molecule has 7 nitrogen and oxygen atoms in total. The summed E-state index contributed by atoms with van der Waals surface area (Å²) in [6, 6.07) is 10.8. The molecule has 0 aliphatic carbocycles. The molecule has 2 rings (SSSR count). The van der Waals surface area contributed by atoms with Gasteiger partial charge in [0, 0.05) is 18.7 Å². The average Bonchev–Trinajstić information content (AvgIpc) is 2.54. The molecule has 128 valence electrons. The fourth-order valence-corrected chi connectivity index (χ4v) is 3.40. The molecule has 0 radical (unpaired) electrons. The second kappa shape index (κ2) is 7.41. The van der Waals surface area contributed by atoms with Gasteiger partial charge in [-0.15, -0.1) is 0 Å². The van der Waals surface area contributed by atoms with Gasteiger partial charge in [-0.2, -0.15) is 0 Å². The number of nitro groups is 1. The Morgan fingerprint density at radius 3 is 2.42 bits per heavy atom. The Balaban J connectivity index is 2.16. The van der Waals surface area contributed by atoms with E-state index in [0.29, 0.717) is 17.9 Å². The summed E-state index contributed by atoms with van der Waals surface area (Å²) in [5.74, 6) is 0.707. The Kier molecular flexibility index (Phi) is 5.53. The Labute approximate surface area is 140 Å². The van der Waals surface area contributed by atoms with Gasteiger partial charge in [-0.3, -0.25) is 10.1 Å². The van der Waals surface area contributed by atoms with Crippen LogP contribution in [0.15, 0.2) is 47.4 Å². The topological polar surface area (TPSA) is 98.5 Å². The molecule has 0 aromatic heterocycles. The molecule has 0 saturated heterocycles. The van der Waals surface area contributed by atoms with E-state index in [4.69, 9.17) is 4.74 Å². The minimum Gasteiger partial charge on any atom is -0.494 e. The van der Waals surface area contributed by atoms with Crippen LogP contribution in [0.25, 0.3) is 0 Å². The Bertz CT molecular complexity index is 832. The second-order valence-electron chi connectivity index (χ2n) is 5.11. The summed E-state index contributed by atoms with van der Waals surface area (Å²) >= 11 is 0. The quantitative estimate of drug-likeness (QED) is 0.611. The molecule has 0 saturated carbocycles. The summed E-state index contributed by atoms with van der Waals surface area (Å²) in [5, 5.41) is 10.8. The van der Waals surface area contributed by atoms with Crippen molar-refractivity contribution in [2.75, 3.05) is 6.61 Å². The van der Waals surface area contributed by atoms with Gasteiger partial charge < -0.3 is 4.74 Å². The monoisotopic (exact) mass is 350 g/mol. The van der Waals surface area contributed by atoms with Crippen molar-refractivity contribution < 1.29 is 18.1 Å². The number of sulfonamides is 1. The Morgan fingerprint density at radius 1 is 1.17 bits per heavy atom. The first-order valence-electron chi connectivity index (χ1n) is 7.30. The first-order valence-corrected chi connectivity index (χ1v) is 8.78. The predicted octanol–water partition coefficient (Wildman–Crippen LogP) is 2.78. The van der Waals surface area contributed by atoms with Crippen LogP contribution in [0, 0.1) is 17.0 Å². The van der Waals surface area contributed by atoms with E-state index in [1.807, 2.05) is 6.92 Å². The molecule has 0 heterocycles. The normalized spacial score (nSPS) is 11.2. The minimum absolute atomic E-state index is 0.0802. The van der Waals surface area contributed by atoms with Crippen LogP contribution in [0.2, 0.25) is 0 Å². The fourth-order valence-electron chi connectivity index (χ4n) is 2.12. The van der Waals surface area contributed by atoms with Crippen molar-refractivity contribution in [3.63, 3.8) is 0 Å². The molecular weight excluding hydrogens is 332 g/mol. The number of nitrogens with zero attached hydrogens (tertiary/aromatic N) is 1. The molecule has 2 aromatic carbocycles. The van der Waals surface area contributed by atoms with Crippen LogP contribution in [0.1, 0.15) is 18.1 Å². The molecule has 0 amide bonds. The zero-order valence-corrected chi connectivity index (χ0v) is 14.2. The largest absolute Gasteiger partial charge is 0.494 e. The van der Waals surface area contributed by atoms with Crippen LogP contribution in [0.3, 0.4) is 0 Å². The third-order valence-electron chi connectivity index (χ3n) is 3.37. The van der Waals surface area contributed by atoms with Gasteiger partial charge in [0.2, 0.25) is 10.0 Å². The average molecular weight is 350 g/mol. The number of nitrogens with one attached hydrogen (secondary N) is 1. The highest BCUT2D eigenvalue weighted by Gasteiger charge is 2.20. The standard InChI is InChI=1S/C16H18N2O5S/c1-3-23-15-8-5-13(6-9-15)11-17-24(21,22)16-10-14(18(19)20)7-4-12(16)2/h4-10,17H,3,11H2,1-2H3. The van der Waals surface area contributed by atoms with Crippen molar-refractivity contribution in [3.05, 3.63) is 63.7 Å². The molecule has 0 atom stereocenters. The van der Waals surface area contributed by atoms with Gasteiger partial charge in [0.1, 0.15) is 5.75 Å². The third kappa shape index (κ3) is 4.30. The van der Waals surface area contributed by atoms with Crippen molar-refractivity contribution in [2.24, 2.45) is 0 Å². The number of non-ortho nitro benzene ring substituents is 1. The number of hydrogen-bond acceptors (Lipinski definition) is 5. The maximum absolute atomic E-state index is 12.4. The van der Waals surface area contributed by atoms with Crippen molar-refractivity contribution in [2.45, 2.75) is 25.3 Å². The number of hydrogen-bond donors (Lipinski definition) is 1. The van der Waals surface area contributed by atoms with E-state index in [2.05, 4.69) is 4.72 Å². The highest BCUT2D eigenvalue weighted by atomic mass is 32.2. The van der Waals surface area contributed by atoms with Gasteiger partial charge in [0.15, 0.2) is 0 Å². The van der Waals surface area contributed by atoms with E-state index in [-0.39, 0.29) is 17.1 Å². The molecule has 0 unspecified atom stereocenters. The lowest BCUT2D eigenvalue weighted by atomic mass is 10.2. The van der Waals surface area contributed by atoms with Gasteiger partial charge in [-0.25, -0.2) is 13.1 Å². The lowest BCUT2D eigenvalue weighted by molar-refractivity contribution is -0.385. The highest BCUT2D eigenvalue weighted by molar-refractivity contribution is 7.89. The molecule has 1 N–H and O–H groups in total. The Hall–Kier alpha value is -2.45. The van der Waals surface area contributed by atoms with E-state index in [1.54, 1.807) is 31.2 Å². The van der Waals surface area contributed by atoms with Crippen LogP contribution in [0.4, 0.5) is 5.69 Å². The zero-order chi connectivity index (χ0) is 17.7. The first kappa shape index (κ1) is 17.9. The number of nitro benzene ring substituents is 1. The lowest BCUT2D eigenvalue weighted by Crippen LogP contribution is -2.24. The summed E-state index contributed by atoms with van der Waals surface area (Å²) < 4.78 is 32.6. The smallest absolute Gasteiger partial charge is 0.270 e. The summed E-state index contributed by atoms with van der Waals surface area (Å²) in [4.78, 5) is 10.1. The molecule has 2 aromatic rings. The third-order valence-corrected chi connectivity index (χ3v) is 4.92. The van der Waals surface area contributed by atoms with Gasteiger partial charge in [-0.1, -0.05) is 18.2 Å². The van der Waals surface area contributed by atoms with Gasteiger partial charge in [0.05, 0.1) is 16.4 Å². The van der Waals surface area contributed by atoms with Crippen molar-refractivity contribution in [1.29, 1.82) is 0 Å². The molecule has 0 fully saturated rings. The highest BCUT2D eigenvalue weighted by Crippen LogP contribution is 2.22. The molecule has 0 spiro atoms. The van der Waals surface area contributed by atoms with Crippen molar-refractivity contribution >= 4 is 15.7 Å². The minimum atomic E-state index is -3.85. The van der Waals surface area contributed by atoms with E-state index < -0.39 is 14.9 Å². The van der Waals surface area contributed by atoms with Gasteiger partial charge >= 0.3 is 0 Å². The fraction of sp³-hybridized carbons (Fsp3) is 0.250. The molecule has 24 heavy (non-hydrogen) atoms. The molecule has 8 heteroatoms. The SMILES string of the molecule is CCOc1ccc(CNS(=O)(=O)c2cc([N+](=O)[O-])ccc2C)cc1. The van der Waals surface area contributed by atoms with E-state index in [0.717, 1.165) is 11.6 Å². The van der Waals surface area contributed by atoms with Crippen LogP contribution >= 0.6 is 0 Å². The van der Waals surface area contributed by atoms with E-state index >= 15 is 0 Å². The van der Waals surface area contributed by atoms with Crippen LogP contribution in [0.5, 0.6) is 5.75 Å². The van der Waals surface area contributed by atoms with E-state index in [1.165, 1.54) is 12.1 Å². The maximum Gasteiger partial charge on any atom is 0.270 e. The number of rotatable bonds is 7. The summed E-state index contributed by atoms with van der Waals surface area (Å²) in [7, 11) is -3.85. The molecular formula is C16H18N2O5S. The summed E-state index contributed by atoms with van der Waals surface area (Å²) in [6.45, 7) is 4.10. The summed E-state index contributed by atoms with van der Waals surface area (Å²) in [6.07, 6.45) is 0. The number of benzene rings is 2. The maximum atomic E-state index is 12.4. The molecule has 0 aliphatic rings. The Morgan fingerprint density at radius 2 is 1.83 bits per heavy atom. The van der Waals surface area contributed by atoms with Crippen LogP contribution in [-0.4, -0.2) is 19.9 Å². The second-order valence-corrected chi connectivity index (χ2v) is 6.84. The molecule has 0 bridgehead atoms. The van der Waals surface area contributed by atoms with E-state index in [9.17, 15) is 18.5 Å². The first-order chi connectivity index (χ1) is 11.3. The number of ether oxygens (including phenoxy) is 1. The van der Waals surface area contributed by atoms with Crippen LogP contribution in [-0.2, 0) is 16.6 Å². The van der Waals surface area contributed by atoms with Crippen molar-refractivity contribution in [3.8, 4) is 5.75 Å². The number of aryl methyl sites for hydroxylation is 1. The van der Waals surface area contributed by atoms with Gasteiger partial charge in [0.25, 0.3) is 5.69 Å². The zero-order valence-electron chi connectivity index (χ0n) is 13.4. The predicted molar refractivity (Wildman–Crippen MR) is 89.5 cm³/mol. The summed E-state index contributed by atoms with van der Waals surface area (Å²) in [5.41, 5.74) is 0.937. The van der Waals surface area contributed by atoms with Crippen molar-refractivity contribution in [1.82, 2.24) is 4.72 Å². The molecule has 0 aliphatic heterocycles. The van der Waals surface area contributed by atoms with Gasteiger partial charge in [-0.05, 0) is 37.1 Å². The lowest BCUT2D eigenvalue weighted by Gasteiger charge is -2.10. The van der Waals surface area contributed by atoms with Crippen LogP contribution < -0.4 is 9.46 Å².